The van der Waals surface area contributed by atoms with Crippen LogP contribution in [0.25, 0.3) is 0 Å². The average Bonchev–Trinajstić information content (AvgIpc) is 2.96. The van der Waals surface area contributed by atoms with Crippen LogP contribution < -0.4 is 5.32 Å². The van der Waals surface area contributed by atoms with E-state index in [-0.39, 0.29) is 31.0 Å². The van der Waals surface area contributed by atoms with E-state index in [9.17, 15) is 22.0 Å². The van der Waals surface area contributed by atoms with Gasteiger partial charge in [0.05, 0.1) is 0 Å². The van der Waals surface area contributed by atoms with Crippen LogP contribution in [0.15, 0.2) is 23.1 Å². The minimum atomic E-state index is -4.04. The van der Waals surface area contributed by atoms with Crippen molar-refractivity contribution in [2.75, 3.05) is 13.1 Å². The molecule has 1 heterocycles. The number of amides is 1. The SMILES string of the molecule is O=C(NC1CCC2CC3CC2CC1C3)C1CCN(S(=O)(=O)c2ccc(F)cc2F)CC1. The van der Waals surface area contributed by atoms with Gasteiger partial charge in [0, 0.05) is 31.1 Å². The van der Waals surface area contributed by atoms with Gasteiger partial charge in [-0.05, 0) is 87.2 Å². The van der Waals surface area contributed by atoms with Crippen LogP contribution in [0.5, 0.6) is 0 Å². The van der Waals surface area contributed by atoms with Crippen molar-refractivity contribution in [3.8, 4) is 0 Å². The molecule has 1 aliphatic heterocycles. The van der Waals surface area contributed by atoms with Crippen LogP contribution in [-0.2, 0) is 14.8 Å². The molecular weight excluding hydrogens is 422 g/mol. The summed E-state index contributed by atoms with van der Waals surface area (Å²) >= 11 is 0. The molecule has 5 atom stereocenters. The fraction of sp³-hybridized carbons (Fsp3) is 0.696. The summed E-state index contributed by atoms with van der Waals surface area (Å²) in [7, 11) is -4.04. The van der Waals surface area contributed by atoms with Crippen LogP contribution in [0.4, 0.5) is 8.78 Å². The van der Waals surface area contributed by atoms with Gasteiger partial charge in [-0.15, -0.1) is 0 Å². The molecule has 1 aromatic carbocycles. The molecular formula is C23H30F2N2O3S. The van der Waals surface area contributed by atoms with Crippen LogP contribution in [0.1, 0.15) is 51.4 Å². The van der Waals surface area contributed by atoms with Gasteiger partial charge in [-0.1, -0.05) is 0 Å². The summed E-state index contributed by atoms with van der Waals surface area (Å²) in [5.74, 6) is 1.04. The van der Waals surface area contributed by atoms with Crippen molar-refractivity contribution < 1.29 is 22.0 Å². The number of hydrogen-bond acceptors (Lipinski definition) is 3. The van der Waals surface area contributed by atoms with Crippen LogP contribution >= 0.6 is 0 Å². The zero-order chi connectivity index (χ0) is 21.8. The molecule has 5 nitrogen and oxygen atoms in total. The summed E-state index contributed by atoms with van der Waals surface area (Å²) < 4.78 is 53.9. The summed E-state index contributed by atoms with van der Waals surface area (Å²) in [6, 6.07) is 2.74. The second-order valence-electron chi connectivity index (χ2n) is 10.0. The third-order valence-corrected chi connectivity index (χ3v) is 10.2. The molecule has 8 heteroatoms. The molecule has 1 saturated heterocycles. The van der Waals surface area contributed by atoms with E-state index in [1.54, 1.807) is 0 Å². The highest BCUT2D eigenvalue weighted by Gasteiger charge is 2.46. The third kappa shape index (κ3) is 4.01. The Labute approximate surface area is 182 Å². The van der Waals surface area contributed by atoms with E-state index in [2.05, 4.69) is 5.32 Å². The summed E-state index contributed by atoms with van der Waals surface area (Å²) in [5.41, 5.74) is 0. The number of rotatable bonds is 4. The van der Waals surface area contributed by atoms with E-state index in [0.29, 0.717) is 24.8 Å². The number of halogens is 2. The van der Waals surface area contributed by atoms with Gasteiger partial charge in [0.1, 0.15) is 16.5 Å². The largest absolute Gasteiger partial charge is 0.353 e. The lowest BCUT2D eigenvalue weighted by atomic mass is 9.77. The Morgan fingerprint density at radius 3 is 2.39 bits per heavy atom. The molecule has 0 radical (unpaired) electrons. The van der Waals surface area contributed by atoms with Gasteiger partial charge in [-0.2, -0.15) is 4.31 Å². The van der Waals surface area contributed by atoms with E-state index < -0.39 is 26.6 Å². The van der Waals surface area contributed by atoms with Crippen molar-refractivity contribution in [2.45, 2.75) is 62.3 Å². The summed E-state index contributed by atoms with van der Waals surface area (Å²) in [6.45, 7) is 0.328. The average molecular weight is 453 g/mol. The fourth-order valence-corrected chi connectivity index (χ4v) is 8.23. The first-order valence-corrected chi connectivity index (χ1v) is 13.0. The van der Waals surface area contributed by atoms with Crippen molar-refractivity contribution in [2.24, 2.45) is 29.6 Å². The molecule has 170 valence electrons. The summed E-state index contributed by atoms with van der Waals surface area (Å²) in [6.07, 6.45) is 8.33. The number of hydrogen-bond donors (Lipinski definition) is 1. The molecule has 1 N–H and O–H groups in total. The third-order valence-electron chi connectivity index (χ3n) is 8.26. The second kappa shape index (κ2) is 8.10. The molecule has 1 aromatic rings. The topological polar surface area (TPSA) is 66.5 Å². The maximum absolute atomic E-state index is 14.0. The maximum Gasteiger partial charge on any atom is 0.245 e. The first-order chi connectivity index (χ1) is 14.8. The first-order valence-electron chi connectivity index (χ1n) is 11.6. The quantitative estimate of drug-likeness (QED) is 0.758. The Morgan fingerprint density at radius 2 is 1.65 bits per heavy atom. The monoisotopic (exact) mass is 452 g/mol. The van der Waals surface area contributed by atoms with Crippen molar-refractivity contribution in [3.63, 3.8) is 0 Å². The smallest absolute Gasteiger partial charge is 0.245 e. The second-order valence-corrected chi connectivity index (χ2v) is 11.9. The van der Waals surface area contributed by atoms with Gasteiger partial charge in [-0.3, -0.25) is 4.79 Å². The molecule has 1 amide bonds. The van der Waals surface area contributed by atoms with Gasteiger partial charge in [-0.25, -0.2) is 17.2 Å². The molecule has 4 aliphatic rings. The highest BCUT2D eigenvalue weighted by Crippen LogP contribution is 2.53. The number of benzene rings is 1. The fourth-order valence-electron chi connectivity index (χ4n) is 6.72. The number of fused-ring (bicyclic) bond motifs is 2. The molecule has 3 bridgehead atoms. The molecule has 31 heavy (non-hydrogen) atoms. The van der Waals surface area contributed by atoms with Gasteiger partial charge >= 0.3 is 0 Å². The zero-order valence-corrected chi connectivity index (χ0v) is 18.4. The Bertz CT molecular complexity index is 962. The van der Waals surface area contributed by atoms with Gasteiger partial charge in [0.2, 0.25) is 15.9 Å². The number of nitrogens with zero attached hydrogens (tertiary/aromatic N) is 1. The molecule has 5 unspecified atom stereocenters. The van der Waals surface area contributed by atoms with Crippen LogP contribution in [0.3, 0.4) is 0 Å². The Balaban J connectivity index is 1.19. The number of nitrogens with one attached hydrogen (secondary N) is 1. The minimum absolute atomic E-state index is 0.0349. The number of sulfonamides is 1. The summed E-state index contributed by atoms with van der Waals surface area (Å²) in [4.78, 5) is 12.5. The lowest BCUT2D eigenvalue weighted by Gasteiger charge is -2.35. The molecule has 5 rings (SSSR count). The van der Waals surface area contributed by atoms with E-state index in [1.165, 1.54) is 36.4 Å². The Morgan fingerprint density at radius 1 is 0.935 bits per heavy atom. The van der Waals surface area contributed by atoms with Gasteiger partial charge in [0.15, 0.2) is 0 Å². The Hall–Kier alpha value is -1.54. The first kappa shape index (κ1) is 21.3. The standard InChI is InChI=1S/C23H30F2N2O3S/c24-19-2-4-22(20(25)13-19)31(29,30)27-7-5-15(6-8-27)23(28)26-21-3-1-16-9-14-10-17(16)12-18(21)11-14/h2,4,13-18,21H,1,3,5-12H2,(H,26,28). The highest BCUT2D eigenvalue weighted by atomic mass is 32.2. The highest BCUT2D eigenvalue weighted by molar-refractivity contribution is 7.89. The van der Waals surface area contributed by atoms with Crippen LogP contribution in [0, 0.1) is 41.2 Å². The minimum Gasteiger partial charge on any atom is -0.353 e. The number of carbonyl (C=O) groups is 1. The molecule has 0 spiro atoms. The molecule has 4 fully saturated rings. The maximum atomic E-state index is 14.0. The van der Waals surface area contributed by atoms with Crippen molar-refractivity contribution in [3.05, 3.63) is 29.8 Å². The predicted octanol–water partition coefficient (Wildman–Crippen LogP) is 3.70. The van der Waals surface area contributed by atoms with E-state index in [1.807, 2.05) is 0 Å². The Kier molecular flexibility index (Phi) is 5.57. The molecule has 3 aliphatic carbocycles. The van der Waals surface area contributed by atoms with Crippen LogP contribution in [-0.4, -0.2) is 37.8 Å². The van der Waals surface area contributed by atoms with Crippen LogP contribution in [0.2, 0.25) is 0 Å². The lowest BCUT2D eigenvalue weighted by Crippen LogP contribution is -2.47. The number of carbonyl (C=O) groups excluding carboxylic acids is 1. The van der Waals surface area contributed by atoms with Crippen molar-refractivity contribution >= 4 is 15.9 Å². The molecule has 3 saturated carbocycles. The lowest BCUT2D eigenvalue weighted by molar-refractivity contribution is -0.127. The normalized spacial score (nSPS) is 33.9. The predicted molar refractivity (Wildman–Crippen MR) is 111 cm³/mol. The van der Waals surface area contributed by atoms with Crippen molar-refractivity contribution in [1.82, 2.24) is 9.62 Å². The van der Waals surface area contributed by atoms with Crippen molar-refractivity contribution in [1.29, 1.82) is 0 Å². The van der Waals surface area contributed by atoms with Gasteiger partial charge < -0.3 is 5.32 Å². The summed E-state index contributed by atoms with van der Waals surface area (Å²) in [5, 5.41) is 3.32. The van der Waals surface area contributed by atoms with E-state index in [0.717, 1.165) is 36.3 Å². The van der Waals surface area contributed by atoms with E-state index in [4.69, 9.17) is 0 Å². The van der Waals surface area contributed by atoms with E-state index >= 15 is 0 Å². The zero-order valence-electron chi connectivity index (χ0n) is 17.6. The molecule has 0 aromatic heterocycles. The van der Waals surface area contributed by atoms with Gasteiger partial charge in [0.25, 0.3) is 0 Å². The number of piperidine rings is 1.